The number of amidine groups is 1. The van der Waals surface area contributed by atoms with Crippen LogP contribution in [0.4, 0.5) is 10.5 Å². The summed E-state index contributed by atoms with van der Waals surface area (Å²) in [6.45, 7) is 3.03. The zero-order valence-corrected chi connectivity index (χ0v) is 14.7. The Kier molecular flexibility index (Phi) is 6.54. The highest BCUT2D eigenvalue weighted by Gasteiger charge is 2.30. The number of amides is 3. The van der Waals surface area contributed by atoms with E-state index in [2.05, 4.69) is 5.32 Å². The van der Waals surface area contributed by atoms with Crippen LogP contribution in [0.1, 0.15) is 18.9 Å². The maximum atomic E-state index is 12.5. The van der Waals surface area contributed by atoms with Crippen molar-refractivity contribution in [2.45, 2.75) is 13.3 Å². The van der Waals surface area contributed by atoms with E-state index in [0.717, 1.165) is 0 Å². The molecule has 1 heterocycles. The molecule has 0 unspecified atom stereocenters. The molecule has 0 aromatic heterocycles. The quantitative estimate of drug-likeness (QED) is 0.348. The highest BCUT2D eigenvalue weighted by Crippen LogP contribution is 2.20. The lowest BCUT2D eigenvalue weighted by molar-refractivity contribution is -0.143. The van der Waals surface area contributed by atoms with Gasteiger partial charge in [-0.25, -0.2) is 4.79 Å². The third kappa shape index (κ3) is 4.95. The van der Waals surface area contributed by atoms with Gasteiger partial charge < -0.3 is 20.7 Å². The molecule has 9 nitrogen and oxygen atoms in total. The summed E-state index contributed by atoms with van der Waals surface area (Å²) in [6, 6.07) is 6.53. The lowest BCUT2D eigenvalue weighted by Crippen LogP contribution is -2.40. The molecule has 1 aromatic rings. The molecule has 0 atom stereocenters. The number of nitrogen functional groups attached to an aromatic ring is 1. The highest BCUT2D eigenvalue weighted by atomic mass is 16.5. The minimum atomic E-state index is -0.370. The predicted octanol–water partition coefficient (Wildman–Crippen LogP) is 0.282. The minimum Gasteiger partial charge on any atom is -0.466 e. The summed E-state index contributed by atoms with van der Waals surface area (Å²) in [4.78, 5) is 38.6. The summed E-state index contributed by atoms with van der Waals surface area (Å²) in [5.74, 6) is -0.730. The van der Waals surface area contributed by atoms with Crippen molar-refractivity contribution in [3.05, 3.63) is 29.8 Å². The van der Waals surface area contributed by atoms with Crippen LogP contribution in [0.5, 0.6) is 0 Å². The van der Waals surface area contributed by atoms with Gasteiger partial charge in [0, 0.05) is 30.9 Å². The van der Waals surface area contributed by atoms with E-state index in [-0.39, 0.29) is 43.3 Å². The number of ether oxygens (including phenoxy) is 1. The molecule has 1 saturated heterocycles. The molecule has 1 aliphatic heterocycles. The van der Waals surface area contributed by atoms with Crippen molar-refractivity contribution in [3.8, 4) is 0 Å². The molecule has 140 valence electrons. The topological polar surface area (TPSA) is 129 Å². The first-order chi connectivity index (χ1) is 12.4. The van der Waals surface area contributed by atoms with Crippen molar-refractivity contribution < 1.29 is 19.1 Å². The molecule has 0 saturated carbocycles. The molecule has 1 aromatic carbocycles. The van der Waals surface area contributed by atoms with Gasteiger partial charge in [0.05, 0.1) is 13.0 Å². The third-order valence-corrected chi connectivity index (χ3v) is 3.88. The zero-order valence-electron chi connectivity index (χ0n) is 14.7. The number of carbonyl (C=O) groups excluding carboxylic acids is 3. The lowest BCUT2D eigenvalue weighted by Gasteiger charge is -2.18. The van der Waals surface area contributed by atoms with Crippen molar-refractivity contribution >= 4 is 29.4 Å². The van der Waals surface area contributed by atoms with Crippen LogP contribution in [0.3, 0.4) is 0 Å². The largest absolute Gasteiger partial charge is 0.466 e. The Balaban J connectivity index is 1.83. The van der Waals surface area contributed by atoms with Crippen molar-refractivity contribution in [2.75, 3.05) is 37.7 Å². The summed E-state index contributed by atoms with van der Waals surface area (Å²) in [5, 5.41) is 9.99. The maximum absolute atomic E-state index is 12.5. The molecule has 0 aliphatic carbocycles. The molecule has 0 radical (unpaired) electrons. The molecule has 26 heavy (non-hydrogen) atoms. The van der Waals surface area contributed by atoms with E-state index in [4.69, 9.17) is 15.9 Å². The van der Waals surface area contributed by atoms with Gasteiger partial charge in [-0.2, -0.15) is 0 Å². The number of carbonyl (C=O) groups is 3. The van der Waals surface area contributed by atoms with Gasteiger partial charge >= 0.3 is 12.0 Å². The number of esters is 1. The summed E-state index contributed by atoms with van der Waals surface area (Å²) in [6.07, 6.45) is 0.0994. The van der Waals surface area contributed by atoms with Crippen LogP contribution >= 0.6 is 0 Å². The number of rotatable bonds is 8. The number of nitrogens with zero attached hydrogens (tertiary/aromatic N) is 2. The number of anilines is 1. The second-order valence-corrected chi connectivity index (χ2v) is 5.72. The number of benzene rings is 1. The van der Waals surface area contributed by atoms with Crippen LogP contribution in [-0.2, 0) is 14.3 Å². The molecule has 9 heteroatoms. The van der Waals surface area contributed by atoms with Gasteiger partial charge in [0.1, 0.15) is 12.4 Å². The number of nitrogens with two attached hydrogens (primary N) is 1. The first-order valence-electron chi connectivity index (χ1n) is 8.35. The first-order valence-corrected chi connectivity index (χ1v) is 8.35. The molecule has 4 N–H and O–H groups in total. The molecule has 2 rings (SSSR count). The van der Waals surface area contributed by atoms with Crippen molar-refractivity contribution in [3.63, 3.8) is 0 Å². The lowest BCUT2D eigenvalue weighted by atomic mass is 10.2. The average Bonchev–Trinajstić information content (AvgIpc) is 2.96. The van der Waals surface area contributed by atoms with Gasteiger partial charge in [0.15, 0.2) is 0 Å². The molecule has 1 aliphatic rings. The Morgan fingerprint density at radius 3 is 2.58 bits per heavy atom. The van der Waals surface area contributed by atoms with E-state index in [1.807, 2.05) is 0 Å². The van der Waals surface area contributed by atoms with E-state index < -0.39 is 0 Å². The molecule has 0 bridgehead atoms. The van der Waals surface area contributed by atoms with Gasteiger partial charge in [-0.3, -0.25) is 19.9 Å². The fraction of sp³-hybridized carbons (Fsp3) is 0.412. The van der Waals surface area contributed by atoms with Crippen LogP contribution in [0.2, 0.25) is 0 Å². The van der Waals surface area contributed by atoms with Crippen molar-refractivity contribution in [1.29, 1.82) is 5.41 Å². The normalized spacial score (nSPS) is 13.7. The van der Waals surface area contributed by atoms with Crippen LogP contribution in [0, 0.1) is 5.41 Å². The second-order valence-electron chi connectivity index (χ2n) is 5.72. The molecule has 3 amide bonds. The van der Waals surface area contributed by atoms with Crippen LogP contribution in [0.25, 0.3) is 0 Å². The van der Waals surface area contributed by atoms with E-state index in [9.17, 15) is 14.4 Å². The van der Waals surface area contributed by atoms with Crippen LogP contribution < -0.4 is 16.0 Å². The Labute approximate surface area is 151 Å². The second kappa shape index (κ2) is 8.84. The average molecular weight is 361 g/mol. The van der Waals surface area contributed by atoms with Gasteiger partial charge in [-0.05, 0) is 31.2 Å². The number of urea groups is 1. The molecular weight excluding hydrogens is 338 g/mol. The van der Waals surface area contributed by atoms with E-state index in [1.165, 1.54) is 4.90 Å². The Bertz CT molecular complexity index is 689. The van der Waals surface area contributed by atoms with Crippen LogP contribution in [0.15, 0.2) is 24.3 Å². The summed E-state index contributed by atoms with van der Waals surface area (Å²) in [5.41, 5.74) is 6.69. The molecule has 0 spiro atoms. The minimum absolute atomic E-state index is 0.0367. The number of hydrogen-bond acceptors (Lipinski definition) is 5. The highest BCUT2D eigenvalue weighted by molar-refractivity contribution is 5.98. The summed E-state index contributed by atoms with van der Waals surface area (Å²) in [7, 11) is 0. The van der Waals surface area contributed by atoms with Gasteiger partial charge in [-0.15, -0.1) is 0 Å². The SMILES string of the molecule is CCOC(=O)CCNC(=O)CN1CCN(c2ccc(C(=N)N)cc2)C1=O. The van der Waals surface area contributed by atoms with Crippen molar-refractivity contribution in [1.82, 2.24) is 10.2 Å². The maximum Gasteiger partial charge on any atom is 0.325 e. The van der Waals surface area contributed by atoms with E-state index in [0.29, 0.717) is 30.9 Å². The zero-order chi connectivity index (χ0) is 19.1. The third-order valence-electron chi connectivity index (χ3n) is 3.88. The predicted molar refractivity (Wildman–Crippen MR) is 96.0 cm³/mol. The van der Waals surface area contributed by atoms with Gasteiger partial charge in [-0.1, -0.05) is 0 Å². The summed E-state index contributed by atoms with van der Waals surface area (Å²) >= 11 is 0. The van der Waals surface area contributed by atoms with Crippen LogP contribution in [-0.4, -0.2) is 61.4 Å². The van der Waals surface area contributed by atoms with Crippen molar-refractivity contribution in [2.24, 2.45) is 5.73 Å². The smallest absolute Gasteiger partial charge is 0.325 e. The fourth-order valence-corrected chi connectivity index (χ4v) is 2.56. The van der Waals surface area contributed by atoms with Gasteiger partial charge in [0.25, 0.3) is 0 Å². The monoisotopic (exact) mass is 361 g/mol. The Morgan fingerprint density at radius 2 is 1.96 bits per heavy atom. The number of nitrogens with one attached hydrogen (secondary N) is 2. The molecule has 1 fully saturated rings. The fourth-order valence-electron chi connectivity index (χ4n) is 2.56. The number of hydrogen-bond donors (Lipinski definition) is 3. The molecular formula is C17H23N5O4. The Hall–Kier alpha value is -3.10. The Morgan fingerprint density at radius 1 is 1.27 bits per heavy atom. The standard InChI is InChI=1S/C17H23N5O4/c1-2-26-15(24)7-8-20-14(23)11-21-9-10-22(17(21)25)13-5-3-12(4-6-13)16(18)19/h3-6H,2,7-11H2,1H3,(H3,18,19)(H,20,23). The van der Waals surface area contributed by atoms with Gasteiger partial charge in [0.2, 0.25) is 5.91 Å². The van der Waals surface area contributed by atoms with E-state index in [1.54, 1.807) is 36.1 Å². The first kappa shape index (κ1) is 19.2. The summed E-state index contributed by atoms with van der Waals surface area (Å²) < 4.78 is 4.78. The van der Waals surface area contributed by atoms with E-state index >= 15 is 0 Å².